The minimum Gasteiger partial charge on any atom is -0.494 e. The molecule has 26 heavy (non-hydrogen) atoms. The van der Waals surface area contributed by atoms with E-state index in [-0.39, 0.29) is 5.56 Å². The number of hydrogen-bond acceptors (Lipinski definition) is 5. The van der Waals surface area contributed by atoms with Crippen LogP contribution in [0.4, 0.5) is 5.69 Å². The summed E-state index contributed by atoms with van der Waals surface area (Å²) >= 11 is 0. The van der Waals surface area contributed by atoms with Gasteiger partial charge < -0.3 is 19.8 Å². The number of methoxy groups -OCH3 is 2. The van der Waals surface area contributed by atoms with Crippen LogP contribution >= 0.6 is 0 Å². The van der Waals surface area contributed by atoms with Crippen LogP contribution in [-0.4, -0.2) is 23.8 Å². The molecule has 0 atom stereocenters. The first-order valence-corrected chi connectivity index (χ1v) is 8.54. The molecule has 0 saturated heterocycles. The van der Waals surface area contributed by atoms with Crippen LogP contribution < -0.4 is 20.8 Å². The molecule has 134 valence electrons. The molecule has 2 aromatic heterocycles. The molecule has 1 saturated carbocycles. The van der Waals surface area contributed by atoms with Crippen LogP contribution in [0.15, 0.2) is 35.4 Å². The Labute approximate surface area is 151 Å². The van der Waals surface area contributed by atoms with Gasteiger partial charge in [-0.25, -0.2) is 0 Å². The van der Waals surface area contributed by atoms with Gasteiger partial charge in [0.15, 0.2) is 0 Å². The van der Waals surface area contributed by atoms with Crippen LogP contribution in [0.1, 0.15) is 24.5 Å². The quantitative estimate of drug-likeness (QED) is 0.731. The van der Waals surface area contributed by atoms with Crippen LogP contribution in [-0.2, 0) is 7.05 Å². The largest absolute Gasteiger partial charge is 0.494 e. The van der Waals surface area contributed by atoms with E-state index >= 15 is 0 Å². The standard InChI is InChI=1S/C20H21N3O3/c1-23-10-15(12-6-17(25-2)19(21)18(7-12)26-3)13-8-16(11-4-5-11)22-9-14(13)20(23)24/h6-11H,4-5,21H2,1-3H3. The van der Waals surface area contributed by atoms with E-state index in [1.54, 1.807) is 32.0 Å². The van der Waals surface area contributed by atoms with Gasteiger partial charge in [0.1, 0.15) is 17.2 Å². The molecule has 0 amide bonds. The fourth-order valence-electron chi connectivity index (χ4n) is 3.30. The topological polar surface area (TPSA) is 79.4 Å². The molecular weight excluding hydrogens is 330 g/mol. The van der Waals surface area contributed by atoms with Gasteiger partial charge in [0, 0.05) is 36.6 Å². The Kier molecular flexibility index (Phi) is 3.83. The monoisotopic (exact) mass is 351 g/mol. The molecule has 4 rings (SSSR count). The normalized spacial score (nSPS) is 13.8. The first-order valence-electron chi connectivity index (χ1n) is 8.54. The maximum absolute atomic E-state index is 12.6. The number of aryl methyl sites for hydroxylation is 1. The van der Waals surface area contributed by atoms with Gasteiger partial charge in [-0.15, -0.1) is 0 Å². The second-order valence-electron chi connectivity index (χ2n) is 6.68. The molecule has 2 N–H and O–H groups in total. The lowest BCUT2D eigenvalue weighted by Gasteiger charge is -2.15. The summed E-state index contributed by atoms with van der Waals surface area (Å²) in [7, 11) is 4.89. The highest BCUT2D eigenvalue weighted by Gasteiger charge is 2.26. The molecule has 6 nitrogen and oxygen atoms in total. The van der Waals surface area contributed by atoms with Crippen molar-refractivity contribution in [2.24, 2.45) is 7.05 Å². The van der Waals surface area contributed by atoms with Gasteiger partial charge in [-0.2, -0.15) is 0 Å². The lowest BCUT2D eigenvalue weighted by atomic mass is 9.99. The number of anilines is 1. The van der Waals surface area contributed by atoms with E-state index in [2.05, 4.69) is 4.98 Å². The molecule has 0 radical (unpaired) electrons. The number of pyridine rings is 2. The van der Waals surface area contributed by atoms with Gasteiger partial charge in [-0.3, -0.25) is 9.78 Å². The summed E-state index contributed by atoms with van der Waals surface area (Å²) < 4.78 is 12.4. The molecule has 0 aliphatic heterocycles. The van der Waals surface area contributed by atoms with Crippen LogP contribution in [0, 0.1) is 0 Å². The van der Waals surface area contributed by atoms with Gasteiger partial charge in [0.2, 0.25) is 0 Å². The second kappa shape index (κ2) is 6.05. The molecule has 3 aromatic rings. The molecule has 1 aliphatic rings. The Hall–Kier alpha value is -3.02. The minimum atomic E-state index is -0.0621. The van der Waals surface area contributed by atoms with Gasteiger partial charge in [0.25, 0.3) is 5.56 Å². The van der Waals surface area contributed by atoms with Crippen molar-refractivity contribution in [1.29, 1.82) is 0 Å². The average molecular weight is 351 g/mol. The zero-order chi connectivity index (χ0) is 18.4. The fraction of sp³-hybridized carbons (Fsp3) is 0.300. The van der Waals surface area contributed by atoms with Gasteiger partial charge in [-0.05, 0) is 42.0 Å². The van der Waals surface area contributed by atoms with Crippen LogP contribution in [0.25, 0.3) is 21.9 Å². The highest BCUT2D eigenvalue weighted by atomic mass is 16.5. The number of rotatable bonds is 4. The molecule has 1 aromatic carbocycles. The summed E-state index contributed by atoms with van der Waals surface area (Å²) in [4.78, 5) is 17.1. The highest BCUT2D eigenvalue weighted by molar-refractivity contribution is 5.96. The second-order valence-corrected chi connectivity index (χ2v) is 6.68. The van der Waals surface area contributed by atoms with Crippen molar-refractivity contribution in [2.45, 2.75) is 18.8 Å². The summed E-state index contributed by atoms with van der Waals surface area (Å²) in [6.07, 6.45) is 5.84. The Morgan fingerprint density at radius 2 is 1.77 bits per heavy atom. The molecule has 1 aliphatic carbocycles. The zero-order valence-electron chi connectivity index (χ0n) is 15.1. The first-order chi connectivity index (χ1) is 12.5. The van der Waals surface area contributed by atoms with Crippen LogP contribution in [0.3, 0.4) is 0 Å². The van der Waals surface area contributed by atoms with Gasteiger partial charge in [0.05, 0.1) is 19.6 Å². The number of nitrogens with zero attached hydrogens (tertiary/aromatic N) is 2. The van der Waals surface area contributed by atoms with Crippen molar-refractivity contribution in [3.05, 3.63) is 46.6 Å². The Morgan fingerprint density at radius 3 is 2.35 bits per heavy atom. The molecule has 0 bridgehead atoms. The average Bonchev–Trinajstić information content (AvgIpc) is 3.50. The Bertz CT molecular complexity index is 1040. The first kappa shape index (κ1) is 16.4. The summed E-state index contributed by atoms with van der Waals surface area (Å²) in [5, 5.41) is 1.49. The van der Waals surface area contributed by atoms with Crippen molar-refractivity contribution in [1.82, 2.24) is 9.55 Å². The fourth-order valence-corrected chi connectivity index (χ4v) is 3.30. The summed E-state index contributed by atoms with van der Waals surface area (Å²) in [5.41, 5.74) is 9.30. The predicted molar refractivity (Wildman–Crippen MR) is 102 cm³/mol. The van der Waals surface area contributed by atoms with E-state index in [0.29, 0.717) is 28.5 Å². The predicted octanol–water partition coefficient (Wildman–Crippen LogP) is 3.08. The highest BCUT2D eigenvalue weighted by Crippen LogP contribution is 2.42. The van der Waals surface area contributed by atoms with Crippen LogP contribution in [0.5, 0.6) is 11.5 Å². The molecule has 6 heteroatoms. The molecule has 0 unspecified atom stereocenters. The van der Waals surface area contributed by atoms with E-state index in [4.69, 9.17) is 15.2 Å². The van der Waals surface area contributed by atoms with Crippen LogP contribution in [0.2, 0.25) is 0 Å². The number of benzene rings is 1. The summed E-state index contributed by atoms with van der Waals surface area (Å²) in [6.45, 7) is 0. The number of hydrogen-bond donors (Lipinski definition) is 1. The third-order valence-corrected chi connectivity index (χ3v) is 4.94. The number of ether oxygens (including phenoxy) is 2. The van der Waals surface area contributed by atoms with Crippen molar-refractivity contribution in [3.63, 3.8) is 0 Å². The third-order valence-electron chi connectivity index (χ3n) is 4.94. The lowest BCUT2D eigenvalue weighted by Crippen LogP contribution is -2.17. The van der Waals surface area contributed by atoms with E-state index in [9.17, 15) is 4.79 Å². The molecule has 0 spiro atoms. The van der Waals surface area contributed by atoms with Crippen molar-refractivity contribution >= 4 is 16.5 Å². The SMILES string of the molecule is COc1cc(-c2cn(C)c(=O)c3cnc(C4CC4)cc23)cc(OC)c1N. The molecular formula is C20H21N3O3. The third kappa shape index (κ3) is 2.58. The summed E-state index contributed by atoms with van der Waals surface area (Å²) in [5.74, 6) is 1.59. The Morgan fingerprint density at radius 1 is 1.12 bits per heavy atom. The Balaban J connectivity index is 2.03. The molecule has 2 heterocycles. The van der Waals surface area contributed by atoms with Crippen molar-refractivity contribution < 1.29 is 9.47 Å². The maximum atomic E-state index is 12.6. The van der Waals surface area contributed by atoms with Crippen molar-refractivity contribution in [2.75, 3.05) is 20.0 Å². The molecule has 1 fully saturated rings. The smallest absolute Gasteiger partial charge is 0.259 e. The maximum Gasteiger partial charge on any atom is 0.259 e. The van der Waals surface area contributed by atoms with E-state index in [1.165, 1.54) is 0 Å². The number of nitrogens with two attached hydrogens (primary N) is 1. The number of nitrogen functional groups attached to an aromatic ring is 1. The van der Waals surface area contributed by atoms with E-state index in [1.807, 2.05) is 24.4 Å². The minimum absolute atomic E-state index is 0.0621. The number of fused-ring (bicyclic) bond motifs is 1. The number of aromatic nitrogens is 2. The van der Waals surface area contributed by atoms with Gasteiger partial charge in [-0.1, -0.05) is 0 Å². The van der Waals surface area contributed by atoms with Crippen molar-refractivity contribution in [3.8, 4) is 22.6 Å². The summed E-state index contributed by atoms with van der Waals surface area (Å²) in [6, 6.07) is 5.78. The lowest BCUT2D eigenvalue weighted by molar-refractivity contribution is 0.399. The van der Waals surface area contributed by atoms with E-state index in [0.717, 1.165) is 35.0 Å². The van der Waals surface area contributed by atoms with Gasteiger partial charge >= 0.3 is 0 Å². The zero-order valence-corrected chi connectivity index (χ0v) is 15.1. The van der Waals surface area contributed by atoms with E-state index < -0.39 is 0 Å².